The fourth-order valence-electron chi connectivity index (χ4n) is 2.77. The van der Waals surface area contributed by atoms with Crippen LogP contribution >= 0.6 is 0 Å². The van der Waals surface area contributed by atoms with Crippen molar-refractivity contribution >= 4 is 12.1 Å². The third-order valence-corrected chi connectivity index (χ3v) is 4.03. The summed E-state index contributed by atoms with van der Waals surface area (Å²) in [5.41, 5.74) is -1.89. The van der Waals surface area contributed by atoms with Gasteiger partial charge in [-0.25, -0.2) is 18.4 Å². The van der Waals surface area contributed by atoms with E-state index in [1.807, 2.05) is 0 Å². The highest BCUT2D eigenvalue weighted by atomic mass is 19.1. The first kappa shape index (κ1) is 22.9. The van der Waals surface area contributed by atoms with Gasteiger partial charge in [-0.3, -0.25) is 0 Å². The Morgan fingerprint density at radius 1 is 0.931 bits per heavy atom. The molecule has 1 aromatic carbocycles. The fourth-order valence-corrected chi connectivity index (χ4v) is 2.77. The second-order valence-electron chi connectivity index (χ2n) is 9.05. The highest BCUT2D eigenvalue weighted by Gasteiger charge is 2.29. The summed E-state index contributed by atoms with van der Waals surface area (Å²) in [5.74, 6) is -2.97. The summed E-state index contributed by atoms with van der Waals surface area (Å²) in [6.07, 6.45) is 0.118. The number of carbonyl (C=O) groups excluding carboxylic acids is 2. The first-order chi connectivity index (χ1) is 13.2. The van der Waals surface area contributed by atoms with E-state index in [0.717, 1.165) is 12.1 Å². The molecule has 29 heavy (non-hydrogen) atoms. The highest BCUT2D eigenvalue weighted by Crippen LogP contribution is 2.27. The summed E-state index contributed by atoms with van der Waals surface area (Å²) < 4.78 is 44.7. The maximum atomic E-state index is 14.4. The second-order valence-corrected chi connectivity index (χ2v) is 9.05. The van der Waals surface area contributed by atoms with Gasteiger partial charge in [0.1, 0.15) is 23.1 Å². The van der Waals surface area contributed by atoms with Crippen LogP contribution in [0, 0.1) is 11.6 Å². The molecule has 1 fully saturated rings. The van der Waals surface area contributed by atoms with Gasteiger partial charge in [0.15, 0.2) is 11.6 Å². The standard InChI is InChI=1S/C21H29F2NO5/c1-20(2,3)28-18(25)14-11-16(23)17(12-15(14)22)27-13-7-9-24(10-8-13)19(26)29-21(4,5)6/h11-13H,7-10H2,1-6H3. The Labute approximate surface area is 170 Å². The molecule has 1 aliphatic rings. The Kier molecular flexibility index (Phi) is 6.75. The van der Waals surface area contributed by atoms with Gasteiger partial charge in [0.05, 0.1) is 5.56 Å². The number of rotatable bonds is 3. The average molecular weight is 413 g/mol. The van der Waals surface area contributed by atoms with Crippen molar-refractivity contribution in [1.82, 2.24) is 4.90 Å². The fraction of sp³-hybridized carbons (Fsp3) is 0.619. The van der Waals surface area contributed by atoms with Gasteiger partial charge in [0.25, 0.3) is 0 Å². The number of ether oxygens (including phenoxy) is 3. The van der Waals surface area contributed by atoms with Crippen LogP contribution in [0.4, 0.5) is 13.6 Å². The van der Waals surface area contributed by atoms with E-state index in [0.29, 0.717) is 25.9 Å². The highest BCUT2D eigenvalue weighted by molar-refractivity contribution is 5.90. The van der Waals surface area contributed by atoms with Crippen LogP contribution in [0.3, 0.4) is 0 Å². The molecule has 2 rings (SSSR count). The molecule has 1 aliphatic heterocycles. The Hall–Kier alpha value is -2.38. The summed E-state index contributed by atoms with van der Waals surface area (Å²) in [4.78, 5) is 25.7. The van der Waals surface area contributed by atoms with E-state index in [1.54, 1.807) is 46.4 Å². The van der Waals surface area contributed by atoms with Gasteiger partial charge < -0.3 is 19.1 Å². The third kappa shape index (κ3) is 6.87. The minimum Gasteiger partial charge on any atom is -0.487 e. The van der Waals surface area contributed by atoms with E-state index in [9.17, 15) is 18.4 Å². The van der Waals surface area contributed by atoms with E-state index >= 15 is 0 Å². The van der Waals surface area contributed by atoms with Gasteiger partial charge in [0, 0.05) is 32.0 Å². The molecule has 162 valence electrons. The molecule has 0 aliphatic carbocycles. The molecule has 6 nitrogen and oxygen atoms in total. The molecule has 0 atom stereocenters. The minimum absolute atomic E-state index is 0.273. The maximum absolute atomic E-state index is 14.4. The van der Waals surface area contributed by atoms with Crippen LogP contribution in [-0.4, -0.2) is 47.4 Å². The number of hydrogen-bond donors (Lipinski definition) is 0. The number of halogens is 2. The zero-order valence-corrected chi connectivity index (χ0v) is 17.8. The lowest BCUT2D eigenvalue weighted by Gasteiger charge is -2.33. The topological polar surface area (TPSA) is 65.1 Å². The molecule has 8 heteroatoms. The summed E-state index contributed by atoms with van der Waals surface area (Å²) in [6.45, 7) is 11.1. The Bertz CT molecular complexity index is 760. The third-order valence-electron chi connectivity index (χ3n) is 4.03. The molecule has 1 saturated heterocycles. The lowest BCUT2D eigenvalue weighted by Crippen LogP contribution is -2.44. The van der Waals surface area contributed by atoms with E-state index in [1.165, 1.54) is 0 Å². The Balaban J connectivity index is 1.99. The molecule has 1 heterocycles. The molecule has 0 spiro atoms. The van der Waals surface area contributed by atoms with Gasteiger partial charge in [-0.05, 0) is 47.6 Å². The molecular formula is C21H29F2NO5. The lowest BCUT2D eigenvalue weighted by molar-refractivity contribution is 0.00633. The van der Waals surface area contributed by atoms with Gasteiger partial charge in [-0.2, -0.15) is 0 Å². The molecule has 0 radical (unpaired) electrons. The van der Waals surface area contributed by atoms with Crippen molar-refractivity contribution < 1.29 is 32.6 Å². The number of benzene rings is 1. The quantitative estimate of drug-likeness (QED) is 0.672. The zero-order chi connectivity index (χ0) is 22.0. The van der Waals surface area contributed by atoms with Crippen LogP contribution in [0.25, 0.3) is 0 Å². The number of piperidine rings is 1. The first-order valence-corrected chi connectivity index (χ1v) is 9.62. The number of carbonyl (C=O) groups is 2. The monoisotopic (exact) mass is 413 g/mol. The predicted octanol–water partition coefficient (Wildman–Crippen LogP) is 4.70. The minimum atomic E-state index is -0.939. The summed E-state index contributed by atoms with van der Waals surface area (Å²) in [7, 11) is 0. The van der Waals surface area contributed by atoms with Crippen LogP contribution in [0.2, 0.25) is 0 Å². The van der Waals surface area contributed by atoms with Crippen LogP contribution in [0.5, 0.6) is 5.75 Å². The SMILES string of the molecule is CC(C)(C)OC(=O)c1cc(F)c(OC2CCN(C(=O)OC(C)(C)C)CC2)cc1F. The van der Waals surface area contributed by atoms with Crippen molar-refractivity contribution in [3.8, 4) is 5.75 Å². The summed E-state index contributed by atoms with van der Waals surface area (Å²) in [5, 5.41) is 0. The number of amides is 1. The van der Waals surface area contributed by atoms with Crippen LogP contribution in [0.1, 0.15) is 64.7 Å². The maximum Gasteiger partial charge on any atom is 0.410 e. The van der Waals surface area contributed by atoms with E-state index < -0.39 is 40.5 Å². The molecule has 1 amide bonds. The zero-order valence-electron chi connectivity index (χ0n) is 17.8. The van der Waals surface area contributed by atoms with Crippen LogP contribution in [-0.2, 0) is 9.47 Å². The Morgan fingerprint density at radius 3 is 2.00 bits per heavy atom. The lowest BCUT2D eigenvalue weighted by atomic mass is 10.1. The van der Waals surface area contributed by atoms with E-state index in [4.69, 9.17) is 14.2 Å². The molecular weight excluding hydrogens is 384 g/mol. The van der Waals surface area contributed by atoms with Crippen LogP contribution < -0.4 is 4.74 Å². The van der Waals surface area contributed by atoms with Gasteiger partial charge in [0.2, 0.25) is 0 Å². The second kappa shape index (κ2) is 8.55. The van der Waals surface area contributed by atoms with Gasteiger partial charge in [-0.1, -0.05) is 0 Å². The number of esters is 1. The molecule has 0 aromatic heterocycles. The number of likely N-dealkylation sites (tertiary alicyclic amines) is 1. The summed E-state index contributed by atoms with van der Waals surface area (Å²) >= 11 is 0. The van der Waals surface area contributed by atoms with Gasteiger partial charge >= 0.3 is 12.1 Å². The molecule has 0 bridgehead atoms. The largest absolute Gasteiger partial charge is 0.487 e. The van der Waals surface area contributed by atoms with Crippen molar-refractivity contribution in [2.75, 3.05) is 13.1 Å². The van der Waals surface area contributed by atoms with Crippen LogP contribution in [0.15, 0.2) is 12.1 Å². The normalized spacial score (nSPS) is 15.8. The summed E-state index contributed by atoms with van der Waals surface area (Å²) in [6, 6.07) is 1.64. The average Bonchev–Trinajstić information content (AvgIpc) is 2.55. The van der Waals surface area contributed by atoms with Gasteiger partial charge in [-0.15, -0.1) is 0 Å². The van der Waals surface area contributed by atoms with Crippen molar-refractivity contribution in [1.29, 1.82) is 0 Å². The Morgan fingerprint density at radius 2 is 1.48 bits per heavy atom. The van der Waals surface area contributed by atoms with Crippen molar-refractivity contribution in [2.24, 2.45) is 0 Å². The molecule has 1 aromatic rings. The molecule has 0 N–H and O–H groups in total. The first-order valence-electron chi connectivity index (χ1n) is 9.62. The molecule has 0 saturated carbocycles. The molecule has 0 unspecified atom stereocenters. The van der Waals surface area contributed by atoms with Crippen molar-refractivity contribution in [3.63, 3.8) is 0 Å². The number of nitrogens with zero attached hydrogens (tertiary/aromatic N) is 1. The van der Waals surface area contributed by atoms with E-state index in [2.05, 4.69) is 0 Å². The predicted molar refractivity (Wildman–Crippen MR) is 103 cm³/mol. The smallest absolute Gasteiger partial charge is 0.410 e. The van der Waals surface area contributed by atoms with Crippen molar-refractivity contribution in [3.05, 3.63) is 29.3 Å². The number of hydrogen-bond acceptors (Lipinski definition) is 5. The van der Waals surface area contributed by atoms with E-state index in [-0.39, 0.29) is 11.9 Å². The van der Waals surface area contributed by atoms with Crippen molar-refractivity contribution in [2.45, 2.75) is 71.7 Å².